The average molecular weight is 364 g/mol. The minimum atomic E-state index is -0.379. The summed E-state index contributed by atoms with van der Waals surface area (Å²) >= 11 is 1.46. The number of aromatic nitrogens is 1. The Labute approximate surface area is 156 Å². The van der Waals surface area contributed by atoms with Gasteiger partial charge in [-0.25, -0.2) is 9.78 Å². The Morgan fingerprint density at radius 1 is 1.31 bits per heavy atom. The van der Waals surface area contributed by atoms with E-state index in [0.29, 0.717) is 16.2 Å². The molecule has 0 saturated heterocycles. The number of thiazole rings is 1. The van der Waals surface area contributed by atoms with Gasteiger partial charge in [0, 0.05) is 35.1 Å². The Morgan fingerprint density at radius 3 is 2.77 bits per heavy atom. The molecule has 0 aliphatic carbocycles. The van der Waals surface area contributed by atoms with Crippen LogP contribution < -0.4 is 10.5 Å². The van der Waals surface area contributed by atoms with Crippen molar-refractivity contribution in [1.29, 1.82) is 0 Å². The van der Waals surface area contributed by atoms with Gasteiger partial charge in [-0.15, -0.1) is 17.8 Å². The molecule has 0 aliphatic rings. The molecular formula is C21H20N2O2S. The molecule has 0 aliphatic heterocycles. The van der Waals surface area contributed by atoms with Crippen LogP contribution in [0.2, 0.25) is 0 Å². The number of allylic oxidation sites excluding steroid dienone is 1. The largest absolute Gasteiger partial charge is 0.422 e. The van der Waals surface area contributed by atoms with Crippen LogP contribution in [0.25, 0.3) is 27.6 Å². The third-order valence-electron chi connectivity index (χ3n) is 4.25. The Kier molecular flexibility index (Phi) is 5.24. The number of nitrogens with zero attached hydrogens (tertiary/aromatic N) is 2. The topological polar surface area (TPSA) is 46.3 Å². The second kappa shape index (κ2) is 7.59. The predicted octanol–water partition coefficient (Wildman–Crippen LogP) is 4.72. The van der Waals surface area contributed by atoms with Crippen molar-refractivity contribution in [3.05, 3.63) is 51.3 Å². The second-order valence-electron chi connectivity index (χ2n) is 5.80. The molecule has 2 aromatic heterocycles. The molecule has 0 N–H and O–H groups in total. The molecule has 0 saturated carbocycles. The maximum Gasteiger partial charge on any atom is 0.346 e. The number of fused-ring (bicyclic) bond motifs is 1. The van der Waals surface area contributed by atoms with Gasteiger partial charge >= 0.3 is 5.63 Å². The van der Waals surface area contributed by atoms with Crippen molar-refractivity contribution in [3.8, 4) is 22.9 Å². The van der Waals surface area contributed by atoms with E-state index in [4.69, 9.17) is 10.8 Å². The van der Waals surface area contributed by atoms with Crippen molar-refractivity contribution in [1.82, 2.24) is 4.98 Å². The third kappa shape index (κ3) is 3.42. The molecular weight excluding hydrogens is 344 g/mol. The van der Waals surface area contributed by atoms with Gasteiger partial charge in [0.25, 0.3) is 0 Å². The van der Waals surface area contributed by atoms with Crippen LogP contribution in [0.3, 0.4) is 0 Å². The van der Waals surface area contributed by atoms with E-state index in [0.717, 1.165) is 34.7 Å². The Hall–Kier alpha value is -2.84. The van der Waals surface area contributed by atoms with E-state index < -0.39 is 0 Å². The smallest absolute Gasteiger partial charge is 0.346 e. The molecule has 0 radical (unpaired) electrons. The fraction of sp³-hybridized carbons (Fsp3) is 0.238. The summed E-state index contributed by atoms with van der Waals surface area (Å²) in [6.07, 6.45) is 8.63. The molecule has 26 heavy (non-hydrogen) atoms. The number of aryl methyl sites for hydroxylation is 1. The van der Waals surface area contributed by atoms with E-state index in [2.05, 4.69) is 29.7 Å². The zero-order valence-electron chi connectivity index (χ0n) is 15.1. The van der Waals surface area contributed by atoms with Crippen molar-refractivity contribution in [3.63, 3.8) is 0 Å². The van der Waals surface area contributed by atoms with E-state index in [1.165, 1.54) is 11.3 Å². The Bertz CT molecular complexity index is 1070. The molecule has 0 amide bonds. The summed E-state index contributed by atoms with van der Waals surface area (Å²) in [6.45, 7) is 7.96. The summed E-state index contributed by atoms with van der Waals surface area (Å²) in [7, 11) is 0. The summed E-state index contributed by atoms with van der Waals surface area (Å²) in [5, 5.41) is 1.52. The van der Waals surface area contributed by atoms with Crippen LogP contribution in [0.1, 0.15) is 24.4 Å². The maximum absolute atomic E-state index is 12.5. The lowest BCUT2D eigenvalue weighted by Crippen LogP contribution is -2.21. The molecule has 132 valence electrons. The van der Waals surface area contributed by atoms with Crippen molar-refractivity contribution in [2.45, 2.75) is 20.8 Å². The van der Waals surface area contributed by atoms with Crippen LogP contribution in [0.5, 0.6) is 0 Å². The van der Waals surface area contributed by atoms with Crippen LogP contribution in [0, 0.1) is 19.3 Å². The van der Waals surface area contributed by atoms with Gasteiger partial charge < -0.3 is 9.32 Å². The lowest BCUT2D eigenvalue weighted by atomic mass is 10.1. The highest BCUT2D eigenvalue weighted by Gasteiger charge is 2.14. The van der Waals surface area contributed by atoms with Gasteiger partial charge in [0.2, 0.25) is 0 Å². The van der Waals surface area contributed by atoms with Crippen LogP contribution in [0.15, 0.2) is 39.6 Å². The zero-order valence-corrected chi connectivity index (χ0v) is 15.9. The summed E-state index contributed by atoms with van der Waals surface area (Å²) in [5.74, 6) is 2.45. The molecule has 1 aromatic carbocycles. The number of benzene rings is 1. The molecule has 0 spiro atoms. The minimum Gasteiger partial charge on any atom is -0.422 e. The first-order valence-electron chi connectivity index (χ1n) is 8.50. The molecule has 2 heterocycles. The van der Waals surface area contributed by atoms with E-state index >= 15 is 0 Å². The summed E-state index contributed by atoms with van der Waals surface area (Å²) < 4.78 is 5.59. The zero-order chi connectivity index (χ0) is 18.7. The van der Waals surface area contributed by atoms with E-state index in [-0.39, 0.29) is 5.63 Å². The SMILES string of the molecule is C#CC=Cc1nc(-c2cc3ccc(N(CC)CC)cc3oc2=O)sc1C. The summed E-state index contributed by atoms with van der Waals surface area (Å²) in [6, 6.07) is 7.80. The van der Waals surface area contributed by atoms with Gasteiger partial charge in [0.1, 0.15) is 10.6 Å². The van der Waals surface area contributed by atoms with Crippen LogP contribution in [0.4, 0.5) is 5.69 Å². The fourth-order valence-electron chi connectivity index (χ4n) is 2.84. The number of hydrogen-bond donors (Lipinski definition) is 0. The molecule has 5 heteroatoms. The van der Waals surface area contributed by atoms with Crippen LogP contribution in [-0.2, 0) is 0 Å². The van der Waals surface area contributed by atoms with Crippen LogP contribution >= 0.6 is 11.3 Å². The highest BCUT2D eigenvalue weighted by molar-refractivity contribution is 7.15. The van der Waals surface area contributed by atoms with E-state index in [9.17, 15) is 4.79 Å². The number of rotatable bonds is 5. The molecule has 3 aromatic rings. The van der Waals surface area contributed by atoms with Gasteiger partial charge in [-0.3, -0.25) is 0 Å². The van der Waals surface area contributed by atoms with Crippen molar-refractivity contribution < 1.29 is 4.42 Å². The van der Waals surface area contributed by atoms with Gasteiger partial charge in [-0.1, -0.05) is 5.92 Å². The summed E-state index contributed by atoms with van der Waals surface area (Å²) in [4.78, 5) is 20.3. The second-order valence-corrected chi connectivity index (χ2v) is 7.01. The fourth-order valence-corrected chi connectivity index (χ4v) is 3.74. The molecule has 0 unspecified atom stereocenters. The number of hydrogen-bond acceptors (Lipinski definition) is 5. The molecule has 0 atom stereocenters. The lowest BCUT2D eigenvalue weighted by molar-refractivity contribution is 0.563. The van der Waals surface area contributed by atoms with Gasteiger partial charge in [-0.05, 0) is 51.1 Å². The minimum absolute atomic E-state index is 0.379. The van der Waals surface area contributed by atoms with Gasteiger partial charge in [-0.2, -0.15) is 0 Å². The lowest BCUT2D eigenvalue weighted by Gasteiger charge is -2.20. The maximum atomic E-state index is 12.5. The third-order valence-corrected chi connectivity index (χ3v) is 5.27. The summed E-state index contributed by atoms with van der Waals surface area (Å²) in [5.41, 5.74) is 2.50. The highest BCUT2D eigenvalue weighted by atomic mass is 32.1. The van der Waals surface area contributed by atoms with E-state index in [1.807, 2.05) is 31.2 Å². The quantitative estimate of drug-likeness (QED) is 0.485. The molecule has 4 nitrogen and oxygen atoms in total. The van der Waals surface area contributed by atoms with E-state index in [1.54, 1.807) is 12.2 Å². The first kappa shape index (κ1) is 18.0. The number of anilines is 1. The van der Waals surface area contributed by atoms with Gasteiger partial charge in [0.05, 0.1) is 11.3 Å². The molecule has 3 rings (SSSR count). The van der Waals surface area contributed by atoms with Gasteiger partial charge in [0.15, 0.2) is 0 Å². The monoisotopic (exact) mass is 364 g/mol. The van der Waals surface area contributed by atoms with Crippen molar-refractivity contribution in [2.75, 3.05) is 18.0 Å². The van der Waals surface area contributed by atoms with Crippen LogP contribution in [-0.4, -0.2) is 18.1 Å². The van der Waals surface area contributed by atoms with Crippen molar-refractivity contribution in [2.24, 2.45) is 0 Å². The highest BCUT2D eigenvalue weighted by Crippen LogP contribution is 2.29. The number of terminal acetylenes is 1. The Balaban J connectivity index is 2.07. The molecule has 0 fully saturated rings. The normalized spacial score (nSPS) is 11.2. The Morgan fingerprint density at radius 2 is 2.08 bits per heavy atom. The first-order valence-corrected chi connectivity index (χ1v) is 9.32. The predicted molar refractivity (Wildman–Crippen MR) is 110 cm³/mol. The standard InChI is InChI=1S/C21H20N2O2S/c1-5-8-9-18-14(4)26-20(22-18)17-12-15-10-11-16(23(6-2)7-3)13-19(15)25-21(17)24/h1,8-13H,6-7H2,2-4H3. The van der Waals surface area contributed by atoms with Crippen molar-refractivity contribution >= 4 is 34.1 Å². The average Bonchev–Trinajstić information content (AvgIpc) is 3.00. The molecule has 0 bridgehead atoms. The first-order chi connectivity index (χ1) is 12.6.